The topological polar surface area (TPSA) is 32.7 Å². The Hall–Kier alpha value is 0.170. The highest BCUT2D eigenvalue weighted by Crippen LogP contribution is 2.60. The van der Waals surface area contributed by atoms with Crippen LogP contribution in [0.2, 0.25) is 0 Å². The molecule has 1 atom stereocenters. The Kier molecular flexibility index (Phi) is 8.28. The molecule has 4 aliphatic rings. The second-order valence-electron chi connectivity index (χ2n) is 10.6. The van der Waals surface area contributed by atoms with Gasteiger partial charge in [0.1, 0.15) is 0 Å². The molecule has 0 aromatic carbocycles. The number of aliphatic hydroxyl groups excluding tert-OH is 1. The molecule has 4 rings (SSSR count). The van der Waals surface area contributed by atoms with Crippen LogP contribution in [0.25, 0.3) is 0 Å². The van der Waals surface area contributed by atoms with Gasteiger partial charge in [-0.05, 0) is 73.5 Å². The third-order valence-electron chi connectivity index (χ3n) is 6.60. The number of ether oxygens (including phenoxy) is 1. The molecule has 4 heteroatoms. The molecule has 0 saturated heterocycles. The van der Waals surface area contributed by atoms with Crippen molar-refractivity contribution in [1.82, 2.24) is 4.90 Å². The maximum Gasteiger partial charge on any atom is 0.0900 e. The molecule has 1 N–H and O–H groups in total. The molecule has 26 heavy (non-hydrogen) atoms. The van der Waals surface area contributed by atoms with Gasteiger partial charge >= 0.3 is 0 Å². The zero-order valence-corrected chi connectivity index (χ0v) is 18.3. The summed E-state index contributed by atoms with van der Waals surface area (Å²) in [7, 11) is 0. The molecule has 0 radical (unpaired) electrons. The maximum absolute atomic E-state index is 10.5. The van der Waals surface area contributed by atoms with Crippen molar-refractivity contribution in [2.45, 2.75) is 72.3 Å². The summed E-state index contributed by atoms with van der Waals surface area (Å²) in [6.07, 6.45) is 8.28. The van der Waals surface area contributed by atoms with Crippen LogP contribution in [0.5, 0.6) is 0 Å². The Balaban J connectivity index is 0.00000243. The summed E-state index contributed by atoms with van der Waals surface area (Å²) in [6, 6.07) is 0. The van der Waals surface area contributed by atoms with Crippen LogP contribution in [0.1, 0.15) is 66.2 Å². The fourth-order valence-electron chi connectivity index (χ4n) is 6.49. The van der Waals surface area contributed by atoms with E-state index in [0.29, 0.717) is 23.9 Å². The van der Waals surface area contributed by atoms with E-state index in [2.05, 4.69) is 32.6 Å². The molecule has 1 unspecified atom stereocenters. The van der Waals surface area contributed by atoms with Gasteiger partial charge in [-0.1, -0.05) is 27.7 Å². The SMILES string of the molecule is CC(C)CN(CC(C)C)CC(O)COCC12CC3CC(CC(C3)C1)C2.Cl. The largest absolute Gasteiger partial charge is 0.389 e. The summed E-state index contributed by atoms with van der Waals surface area (Å²) in [6.45, 7) is 13.3. The quantitative estimate of drug-likeness (QED) is 0.593. The molecular formula is C22H42ClNO2. The summed E-state index contributed by atoms with van der Waals surface area (Å²) in [5, 5.41) is 10.5. The third kappa shape index (κ3) is 6.09. The summed E-state index contributed by atoms with van der Waals surface area (Å²) >= 11 is 0. The van der Waals surface area contributed by atoms with E-state index in [0.717, 1.165) is 44.0 Å². The van der Waals surface area contributed by atoms with Crippen LogP contribution in [-0.4, -0.2) is 49.0 Å². The Bertz CT molecular complexity index is 381. The molecule has 0 amide bonds. The van der Waals surface area contributed by atoms with Crippen LogP contribution in [0.15, 0.2) is 0 Å². The first-order valence-corrected chi connectivity index (χ1v) is 10.8. The van der Waals surface area contributed by atoms with E-state index >= 15 is 0 Å². The van der Waals surface area contributed by atoms with E-state index in [-0.39, 0.29) is 18.5 Å². The van der Waals surface area contributed by atoms with Gasteiger partial charge < -0.3 is 14.7 Å². The summed E-state index contributed by atoms with van der Waals surface area (Å²) in [4.78, 5) is 2.41. The zero-order chi connectivity index (χ0) is 18.0. The van der Waals surface area contributed by atoms with Crippen LogP contribution in [0.3, 0.4) is 0 Å². The minimum absolute atomic E-state index is 0. The fourth-order valence-corrected chi connectivity index (χ4v) is 6.49. The summed E-state index contributed by atoms with van der Waals surface area (Å²) in [5.74, 6) is 4.21. The average Bonchev–Trinajstić information content (AvgIpc) is 2.43. The van der Waals surface area contributed by atoms with Crippen LogP contribution < -0.4 is 0 Å². The van der Waals surface area contributed by atoms with Crippen molar-refractivity contribution in [3.8, 4) is 0 Å². The molecule has 4 aliphatic carbocycles. The number of hydrogen-bond donors (Lipinski definition) is 1. The normalized spacial score (nSPS) is 33.9. The van der Waals surface area contributed by atoms with E-state index in [1.54, 1.807) is 0 Å². The lowest BCUT2D eigenvalue weighted by molar-refractivity contribution is -0.107. The molecule has 0 aromatic heterocycles. The minimum atomic E-state index is -0.355. The van der Waals surface area contributed by atoms with Gasteiger partial charge in [0.25, 0.3) is 0 Å². The van der Waals surface area contributed by atoms with Gasteiger partial charge in [0.15, 0.2) is 0 Å². The van der Waals surface area contributed by atoms with Crippen molar-refractivity contribution < 1.29 is 9.84 Å². The predicted molar refractivity (Wildman–Crippen MR) is 111 cm³/mol. The highest BCUT2D eigenvalue weighted by molar-refractivity contribution is 5.85. The summed E-state index contributed by atoms with van der Waals surface area (Å²) < 4.78 is 6.11. The predicted octanol–water partition coefficient (Wildman–Crippen LogP) is 4.62. The van der Waals surface area contributed by atoms with Gasteiger partial charge in [-0.25, -0.2) is 0 Å². The van der Waals surface area contributed by atoms with Gasteiger partial charge in [-0.2, -0.15) is 0 Å². The van der Waals surface area contributed by atoms with Crippen molar-refractivity contribution >= 4 is 12.4 Å². The van der Waals surface area contributed by atoms with Gasteiger partial charge in [0.05, 0.1) is 19.3 Å². The molecule has 4 fully saturated rings. The lowest BCUT2D eigenvalue weighted by Crippen LogP contribution is -2.48. The van der Waals surface area contributed by atoms with Crippen LogP contribution in [0, 0.1) is 35.0 Å². The number of halogens is 1. The van der Waals surface area contributed by atoms with Gasteiger partial charge in [0.2, 0.25) is 0 Å². The van der Waals surface area contributed by atoms with E-state index in [9.17, 15) is 5.11 Å². The van der Waals surface area contributed by atoms with Crippen LogP contribution in [-0.2, 0) is 4.74 Å². The lowest BCUT2D eigenvalue weighted by Gasteiger charge is -2.56. The molecule has 0 spiro atoms. The van der Waals surface area contributed by atoms with E-state index < -0.39 is 0 Å². The summed E-state index contributed by atoms with van der Waals surface area (Å²) in [5.41, 5.74) is 0.462. The van der Waals surface area contributed by atoms with Crippen LogP contribution >= 0.6 is 12.4 Å². The van der Waals surface area contributed by atoms with Crippen molar-refractivity contribution in [2.24, 2.45) is 35.0 Å². The minimum Gasteiger partial charge on any atom is -0.389 e. The molecule has 3 nitrogen and oxygen atoms in total. The molecule has 154 valence electrons. The van der Waals surface area contributed by atoms with E-state index in [4.69, 9.17) is 4.74 Å². The van der Waals surface area contributed by atoms with E-state index in [1.165, 1.54) is 38.5 Å². The zero-order valence-electron chi connectivity index (χ0n) is 17.5. The monoisotopic (exact) mass is 387 g/mol. The van der Waals surface area contributed by atoms with Gasteiger partial charge in [-0.3, -0.25) is 0 Å². The number of nitrogens with zero attached hydrogens (tertiary/aromatic N) is 1. The van der Waals surface area contributed by atoms with Crippen molar-refractivity contribution in [2.75, 3.05) is 32.8 Å². The Morgan fingerprint density at radius 2 is 1.35 bits per heavy atom. The third-order valence-corrected chi connectivity index (χ3v) is 6.60. The maximum atomic E-state index is 10.5. The molecular weight excluding hydrogens is 346 g/mol. The second kappa shape index (κ2) is 9.58. The number of hydrogen-bond acceptors (Lipinski definition) is 3. The van der Waals surface area contributed by atoms with E-state index in [1.807, 2.05) is 0 Å². The Morgan fingerprint density at radius 3 is 1.77 bits per heavy atom. The molecule has 0 aliphatic heterocycles. The first-order chi connectivity index (χ1) is 11.8. The number of rotatable bonds is 10. The first kappa shape index (κ1) is 22.5. The molecule has 4 bridgehead atoms. The lowest BCUT2D eigenvalue weighted by atomic mass is 9.50. The van der Waals surface area contributed by atoms with Crippen molar-refractivity contribution in [1.29, 1.82) is 0 Å². The van der Waals surface area contributed by atoms with Crippen molar-refractivity contribution in [3.05, 3.63) is 0 Å². The standard InChI is InChI=1S/C22H41NO2.ClH/c1-16(2)11-23(12-17(3)4)13-21(24)14-25-15-22-8-18-5-19(9-22)7-20(6-18)10-22;/h16-21,24H,5-15H2,1-4H3;1H. The van der Waals surface area contributed by atoms with Gasteiger partial charge in [-0.15, -0.1) is 12.4 Å². The Labute approximate surface area is 167 Å². The molecule has 4 saturated carbocycles. The average molecular weight is 388 g/mol. The molecule has 0 aromatic rings. The van der Waals surface area contributed by atoms with Crippen LogP contribution in [0.4, 0.5) is 0 Å². The Morgan fingerprint density at radius 1 is 0.885 bits per heavy atom. The highest BCUT2D eigenvalue weighted by Gasteiger charge is 2.50. The number of aliphatic hydroxyl groups is 1. The fraction of sp³-hybridized carbons (Fsp3) is 1.00. The highest BCUT2D eigenvalue weighted by atomic mass is 35.5. The smallest absolute Gasteiger partial charge is 0.0900 e. The van der Waals surface area contributed by atoms with Crippen molar-refractivity contribution in [3.63, 3.8) is 0 Å². The van der Waals surface area contributed by atoms with Gasteiger partial charge in [0, 0.05) is 19.6 Å². The first-order valence-electron chi connectivity index (χ1n) is 10.8. The second-order valence-corrected chi connectivity index (χ2v) is 10.6. The molecule has 0 heterocycles.